The molecule has 2 N–H and O–H groups in total. The predicted octanol–water partition coefficient (Wildman–Crippen LogP) is 1.10. The van der Waals surface area contributed by atoms with E-state index in [9.17, 15) is 29.4 Å². The first kappa shape index (κ1) is 28.9. The quantitative estimate of drug-likeness (QED) is 0.384. The fourth-order valence-corrected chi connectivity index (χ4v) is 7.10. The highest BCUT2D eigenvalue weighted by Gasteiger charge is 2.85. The number of nitrogens with zero attached hydrogens (tertiary/aromatic N) is 1. The van der Waals surface area contributed by atoms with Crippen LogP contribution in [0.15, 0.2) is 24.5 Å². The maximum atomic E-state index is 13.3. The summed E-state index contributed by atoms with van der Waals surface area (Å²) >= 11 is 0. The van der Waals surface area contributed by atoms with E-state index in [4.69, 9.17) is 23.7 Å². The number of carbonyl (C=O) groups excluding carboxylic acids is 4. The van der Waals surface area contributed by atoms with Crippen molar-refractivity contribution in [1.29, 1.82) is 0 Å². The number of hydrogen-bond donors (Lipinski definition) is 2. The van der Waals surface area contributed by atoms with Crippen LogP contribution in [0.4, 0.5) is 0 Å². The van der Waals surface area contributed by atoms with Gasteiger partial charge in [-0.25, -0.2) is 4.79 Å². The molecular formula is C27H35NO11. The van der Waals surface area contributed by atoms with Crippen LogP contribution in [-0.2, 0) is 38.1 Å². The molecule has 39 heavy (non-hydrogen) atoms. The molecular weight excluding hydrogens is 514 g/mol. The molecule has 3 fully saturated rings. The number of rotatable bonds is 6. The third-order valence-corrected chi connectivity index (χ3v) is 8.37. The van der Waals surface area contributed by atoms with Crippen molar-refractivity contribution < 1.29 is 53.1 Å². The lowest BCUT2D eigenvalue weighted by Gasteiger charge is -2.65. The van der Waals surface area contributed by atoms with E-state index in [1.807, 2.05) is 0 Å². The predicted molar refractivity (Wildman–Crippen MR) is 131 cm³/mol. The molecule has 0 amide bonds. The molecule has 1 saturated heterocycles. The van der Waals surface area contributed by atoms with Gasteiger partial charge < -0.3 is 33.9 Å². The van der Waals surface area contributed by atoms with Gasteiger partial charge in [0.25, 0.3) is 0 Å². The highest BCUT2D eigenvalue weighted by atomic mass is 16.6. The lowest BCUT2D eigenvalue weighted by atomic mass is 9.46. The monoisotopic (exact) mass is 549 g/mol. The summed E-state index contributed by atoms with van der Waals surface area (Å²) in [6.45, 7) is 7.55. The summed E-state index contributed by atoms with van der Waals surface area (Å²) < 4.78 is 29.7. The Kier molecular flexibility index (Phi) is 7.28. The average molecular weight is 550 g/mol. The molecule has 1 spiro atoms. The minimum absolute atomic E-state index is 0.000104. The van der Waals surface area contributed by atoms with Crippen molar-refractivity contribution >= 4 is 23.9 Å². The van der Waals surface area contributed by atoms with Crippen LogP contribution in [-0.4, -0.2) is 86.9 Å². The third-order valence-electron chi connectivity index (χ3n) is 8.37. The van der Waals surface area contributed by atoms with E-state index >= 15 is 0 Å². The van der Waals surface area contributed by atoms with Crippen LogP contribution in [0.2, 0.25) is 0 Å². The Balaban J connectivity index is 2.00. The number of aliphatic hydroxyl groups is 2. The van der Waals surface area contributed by atoms with Crippen molar-refractivity contribution in [3.63, 3.8) is 0 Å². The van der Waals surface area contributed by atoms with Crippen molar-refractivity contribution in [1.82, 2.24) is 4.98 Å². The third kappa shape index (κ3) is 4.38. The Morgan fingerprint density at radius 1 is 1.00 bits per heavy atom. The zero-order valence-electron chi connectivity index (χ0n) is 22.8. The van der Waals surface area contributed by atoms with Gasteiger partial charge in [-0.1, -0.05) is 0 Å². The second-order valence-corrected chi connectivity index (χ2v) is 11.3. The number of ether oxygens (including phenoxy) is 5. The summed E-state index contributed by atoms with van der Waals surface area (Å²) in [7, 11) is 0. The Hall–Kier alpha value is -3.09. The highest BCUT2D eigenvalue weighted by molar-refractivity contribution is 5.89. The van der Waals surface area contributed by atoms with Gasteiger partial charge in [0.05, 0.1) is 23.4 Å². The second-order valence-electron chi connectivity index (χ2n) is 11.3. The Labute approximate surface area is 225 Å². The van der Waals surface area contributed by atoms with Crippen molar-refractivity contribution in [2.75, 3.05) is 6.61 Å². The van der Waals surface area contributed by atoms with Crippen LogP contribution >= 0.6 is 0 Å². The van der Waals surface area contributed by atoms with E-state index in [0.717, 1.165) is 13.8 Å². The molecule has 0 radical (unpaired) electrons. The molecule has 12 nitrogen and oxygen atoms in total. The molecule has 1 aromatic heterocycles. The molecule has 4 rings (SSSR count). The van der Waals surface area contributed by atoms with Gasteiger partial charge in [-0.15, -0.1) is 0 Å². The second kappa shape index (κ2) is 9.83. The van der Waals surface area contributed by atoms with Gasteiger partial charge in [-0.2, -0.15) is 0 Å². The zero-order valence-corrected chi connectivity index (χ0v) is 22.8. The lowest BCUT2D eigenvalue weighted by molar-refractivity contribution is -0.355. The SMILES string of the molecule is CC(=O)O[C@H]1C[C@](C)(O)[C@]23OC(C)(C)[C@H](C[C@H](OC(=O)c4cccnc4)[C@]2(CO)[C@H]1OC(C)=O)[C@H]3OC(C)=O. The van der Waals surface area contributed by atoms with Crippen molar-refractivity contribution in [2.45, 2.75) is 95.6 Å². The molecule has 2 bridgehead atoms. The van der Waals surface area contributed by atoms with Crippen LogP contribution in [0.3, 0.4) is 0 Å². The summed E-state index contributed by atoms with van der Waals surface area (Å²) in [6, 6.07) is 3.05. The van der Waals surface area contributed by atoms with Crippen LogP contribution in [0, 0.1) is 11.3 Å². The van der Waals surface area contributed by atoms with Crippen LogP contribution < -0.4 is 0 Å². The van der Waals surface area contributed by atoms with Gasteiger partial charge in [0.2, 0.25) is 0 Å². The molecule has 2 saturated carbocycles. The molecule has 1 aliphatic heterocycles. The number of carbonyl (C=O) groups is 4. The van der Waals surface area contributed by atoms with Crippen LogP contribution in [0.1, 0.15) is 64.7 Å². The van der Waals surface area contributed by atoms with Crippen molar-refractivity contribution in [3.05, 3.63) is 30.1 Å². The molecule has 1 aromatic rings. The Morgan fingerprint density at radius 2 is 1.62 bits per heavy atom. The Bertz CT molecular complexity index is 1150. The van der Waals surface area contributed by atoms with E-state index in [1.54, 1.807) is 19.9 Å². The molecule has 2 heterocycles. The normalized spacial score (nSPS) is 38.2. The smallest absolute Gasteiger partial charge is 0.340 e. The molecule has 0 aromatic carbocycles. The highest BCUT2D eigenvalue weighted by Crippen LogP contribution is 2.68. The van der Waals surface area contributed by atoms with E-state index in [0.29, 0.717) is 0 Å². The summed E-state index contributed by atoms with van der Waals surface area (Å²) in [6.07, 6.45) is -2.61. The fraction of sp³-hybridized carbons (Fsp3) is 0.667. The first-order chi connectivity index (χ1) is 18.1. The number of fused-ring (bicyclic) bond motifs is 1. The van der Waals surface area contributed by atoms with E-state index in [1.165, 1.54) is 32.3 Å². The number of aliphatic hydroxyl groups excluding tert-OH is 1. The molecule has 214 valence electrons. The van der Waals surface area contributed by atoms with Crippen molar-refractivity contribution in [2.24, 2.45) is 11.3 Å². The number of pyridine rings is 1. The maximum absolute atomic E-state index is 13.3. The minimum Gasteiger partial charge on any atom is -0.459 e. The van der Waals surface area contributed by atoms with E-state index in [2.05, 4.69) is 4.98 Å². The molecule has 8 atom stereocenters. The molecule has 12 heteroatoms. The van der Waals surface area contributed by atoms with E-state index in [-0.39, 0.29) is 18.4 Å². The van der Waals surface area contributed by atoms with Crippen LogP contribution in [0.25, 0.3) is 0 Å². The van der Waals surface area contributed by atoms with Gasteiger partial charge >= 0.3 is 23.9 Å². The fourth-order valence-electron chi connectivity index (χ4n) is 7.10. The maximum Gasteiger partial charge on any atom is 0.340 e. The lowest BCUT2D eigenvalue weighted by Crippen LogP contribution is -2.83. The summed E-state index contributed by atoms with van der Waals surface area (Å²) in [4.78, 5) is 54.2. The first-order valence-corrected chi connectivity index (χ1v) is 12.8. The number of hydrogen-bond acceptors (Lipinski definition) is 12. The summed E-state index contributed by atoms with van der Waals surface area (Å²) in [5.41, 5.74) is -6.78. The molecule has 0 unspecified atom stereocenters. The minimum atomic E-state index is -1.95. The molecule has 3 aliphatic rings. The van der Waals surface area contributed by atoms with E-state index < -0.39 is 83.0 Å². The number of esters is 4. The zero-order chi connectivity index (χ0) is 29.0. The molecule has 2 aliphatic carbocycles. The van der Waals surface area contributed by atoms with Gasteiger partial charge in [-0.05, 0) is 39.3 Å². The van der Waals surface area contributed by atoms with Crippen molar-refractivity contribution in [3.8, 4) is 0 Å². The number of aromatic nitrogens is 1. The average Bonchev–Trinajstić information content (AvgIpc) is 2.99. The van der Waals surface area contributed by atoms with Gasteiger partial charge in [-0.3, -0.25) is 19.4 Å². The van der Waals surface area contributed by atoms with Gasteiger partial charge in [0.1, 0.15) is 29.3 Å². The van der Waals surface area contributed by atoms with Crippen LogP contribution in [0.5, 0.6) is 0 Å². The standard InChI is InChI=1S/C27H35NO11/c1-14(30)35-19-11-25(6,34)27-21(36-15(2)31)18(24(4,5)39-27)10-20(26(27,13-29)22(19)37-16(3)32)38-23(33)17-8-7-9-28-12-17/h7-9,12,18-22,29,34H,10-11,13H2,1-6H3/t18-,19+,20+,21-,22+,25+,26-,27+/m1/s1. The Morgan fingerprint density at radius 3 is 2.15 bits per heavy atom. The first-order valence-electron chi connectivity index (χ1n) is 12.8. The largest absolute Gasteiger partial charge is 0.459 e. The topological polar surface area (TPSA) is 168 Å². The van der Waals surface area contributed by atoms with Gasteiger partial charge in [0.15, 0.2) is 6.10 Å². The summed E-state index contributed by atoms with van der Waals surface area (Å²) in [5.74, 6) is -3.55. The summed E-state index contributed by atoms with van der Waals surface area (Å²) in [5, 5.41) is 23.4. The van der Waals surface area contributed by atoms with Gasteiger partial charge in [0, 0.05) is 45.5 Å².